The predicted molar refractivity (Wildman–Crippen MR) is 83.2 cm³/mol. The van der Waals surface area contributed by atoms with E-state index in [0.717, 1.165) is 19.4 Å². The third-order valence-electron chi connectivity index (χ3n) is 3.76. The fraction of sp³-hybridized carbons (Fsp3) is 0.429. The molecule has 1 fully saturated rings. The monoisotopic (exact) mass is 307 g/mol. The molecule has 1 saturated heterocycles. The lowest BCUT2D eigenvalue weighted by Gasteiger charge is -2.29. The number of rotatable bonds is 4. The number of thiazole rings is 1. The van der Waals surface area contributed by atoms with E-state index in [-0.39, 0.29) is 11.9 Å². The van der Waals surface area contributed by atoms with Gasteiger partial charge in [-0.05, 0) is 48.7 Å². The minimum Gasteiger partial charge on any atom is -0.301 e. The molecule has 1 aliphatic heterocycles. The minimum absolute atomic E-state index is 0.0297. The van der Waals surface area contributed by atoms with E-state index in [2.05, 4.69) is 32.0 Å². The molecular formula is C14H17N3OS2. The summed E-state index contributed by atoms with van der Waals surface area (Å²) in [7, 11) is 0. The molecule has 0 spiro atoms. The first-order valence-corrected chi connectivity index (χ1v) is 8.56. The molecule has 1 amide bonds. The third kappa shape index (κ3) is 2.77. The number of hydrogen-bond acceptors (Lipinski definition) is 5. The van der Waals surface area contributed by atoms with Crippen LogP contribution < -0.4 is 5.32 Å². The molecule has 0 bridgehead atoms. The zero-order valence-electron chi connectivity index (χ0n) is 11.3. The highest BCUT2D eigenvalue weighted by Gasteiger charge is 2.33. The van der Waals surface area contributed by atoms with Gasteiger partial charge < -0.3 is 5.32 Å². The van der Waals surface area contributed by atoms with Crippen LogP contribution in [0.1, 0.15) is 31.4 Å². The van der Waals surface area contributed by atoms with Crippen LogP contribution in [-0.4, -0.2) is 28.4 Å². The van der Waals surface area contributed by atoms with Gasteiger partial charge in [0.05, 0.1) is 6.04 Å². The second-order valence-electron chi connectivity index (χ2n) is 4.96. The summed E-state index contributed by atoms with van der Waals surface area (Å²) < 4.78 is 0. The highest BCUT2D eigenvalue weighted by molar-refractivity contribution is 7.13. The van der Waals surface area contributed by atoms with Crippen molar-refractivity contribution < 1.29 is 4.79 Å². The van der Waals surface area contributed by atoms with Crippen LogP contribution in [0.3, 0.4) is 0 Å². The van der Waals surface area contributed by atoms with Gasteiger partial charge in [0, 0.05) is 17.6 Å². The summed E-state index contributed by atoms with van der Waals surface area (Å²) in [6.07, 6.45) is 3.98. The Morgan fingerprint density at radius 1 is 1.55 bits per heavy atom. The Labute approximate surface area is 126 Å². The number of hydrogen-bond donors (Lipinski definition) is 1. The van der Waals surface area contributed by atoms with Crippen molar-refractivity contribution >= 4 is 33.7 Å². The van der Waals surface area contributed by atoms with E-state index in [1.54, 1.807) is 17.5 Å². The number of nitrogens with one attached hydrogen (secondary N) is 1. The molecule has 0 aromatic carbocycles. The smallest absolute Gasteiger partial charge is 0.243 e. The van der Waals surface area contributed by atoms with Gasteiger partial charge in [-0.3, -0.25) is 9.69 Å². The molecule has 2 atom stereocenters. The van der Waals surface area contributed by atoms with Gasteiger partial charge in [0.1, 0.15) is 0 Å². The lowest BCUT2D eigenvalue weighted by molar-refractivity contribution is -0.121. The molecule has 0 radical (unpaired) electrons. The van der Waals surface area contributed by atoms with E-state index in [9.17, 15) is 4.79 Å². The number of nitrogens with zero attached hydrogens (tertiary/aromatic N) is 2. The number of carbonyl (C=O) groups is 1. The zero-order chi connectivity index (χ0) is 13.9. The van der Waals surface area contributed by atoms with Crippen molar-refractivity contribution in [2.24, 2.45) is 0 Å². The van der Waals surface area contributed by atoms with E-state index in [0.29, 0.717) is 11.2 Å². The summed E-state index contributed by atoms with van der Waals surface area (Å²) in [6.45, 7) is 2.96. The Bertz CT molecular complexity index is 553. The van der Waals surface area contributed by atoms with Crippen LogP contribution in [0.15, 0.2) is 28.4 Å². The summed E-state index contributed by atoms with van der Waals surface area (Å²) in [6, 6.07) is 2.41. The lowest BCUT2D eigenvalue weighted by Crippen LogP contribution is -2.41. The highest BCUT2D eigenvalue weighted by Crippen LogP contribution is 2.34. The van der Waals surface area contributed by atoms with Crippen LogP contribution in [0.4, 0.5) is 5.13 Å². The standard InChI is InChI=1S/C14H17N3OS2/c1-10(13(18)16-14-15-5-8-20-14)17-6-2-3-12(17)11-4-7-19-9-11/h4-5,7-10,12H,2-3,6H2,1H3,(H,15,16,18)/t10-,12+/m1/s1. The van der Waals surface area contributed by atoms with Crippen molar-refractivity contribution in [2.75, 3.05) is 11.9 Å². The Morgan fingerprint density at radius 3 is 3.15 bits per heavy atom. The number of carbonyl (C=O) groups excluding carboxylic acids is 1. The first-order valence-electron chi connectivity index (χ1n) is 6.74. The SMILES string of the molecule is C[C@H](C(=O)Nc1nccs1)N1CCC[C@H]1c1ccsc1. The fourth-order valence-corrected chi connectivity index (χ4v) is 3.96. The maximum absolute atomic E-state index is 12.3. The zero-order valence-corrected chi connectivity index (χ0v) is 12.9. The Kier molecular flexibility index (Phi) is 4.14. The number of likely N-dealkylation sites (tertiary alicyclic amines) is 1. The third-order valence-corrected chi connectivity index (χ3v) is 5.15. The van der Waals surface area contributed by atoms with E-state index in [4.69, 9.17) is 0 Å². The van der Waals surface area contributed by atoms with Gasteiger partial charge in [-0.2, -0.15) is 11.3 Å². The summed E-state index contributed by atoms with van der Waals surface area (Å²) >= 11 is 3.17. The summed E-state index contributed by atoms with van der Waals surface area (Å²) in [5.74, 6) is 0.0297. The van der Waals surface area contributed by atoms with E-state index in [1.165, 1.54) is 16.9 Å². The van der Waals surface area contributed by atoms with Crippen LogP contribution in [0.2, 0.25) is 0 Å². The second-order valence-corrected chi connectivity index (χ2v) is 6.63. The highest BCUT2D eigenvalue weighted by atomic mass is 32.1. The molecule has 20 heavy (non-hydrogen) atoms. The summed E-state index contributed by atoms with van der Waals surface area (Å²) in [4.78, 5) is 18.7. The normalized spacial score (nSPS) is 20.9. The van der Waals surface area contributed by atoms with Crippen LogP contribution in [0, 0.1) is 0 Å². The topological polar surface area (TPSA) is 45.2 Å². The number of anilines is 1. The quantitative estimate of drug-likeness (QED) is 0.942. The first-order chi connectivity index (χ1) is 9.75. The predicted octanol–water partition coefficient (Wildman–Crippen LogP) is 3.37. The van der Waals surface area contributed by atoms with E-state index in [1.807, 2.05) is 12.3 Å². The molecule has 1 aliphatic rings. The fourth-order valence-electron chi connectivity index (χ4n) is 2.72. The molecule has 4 nitrogen and oxygen atoms in total. The lowest BCUT2D eigenvalue weighted by atomic mass is 10.1. The number of thiophene rings is 1. The molecule has 3 rings (SSSR count). The molecule has 2 aromatic rings. The molecular weight excluding hydrogens is 290 g/mol. The Balaban J connectivity index is 1.69. The average Bonchev–Trinajstić information content (AvgIpc) is 3.18. The molecule has 0 aliphatic carbocycles. The molecule has 2 aromatic heterocycles. The molecule has 1 N–H and O–H groups in total. The maximum Gasteiger partial charge on any atom is 0.243 e. The van der Waals surface area contributed by atoms with E-state index >= 15 is 0 Å². The molecule has 0 saturated carbocycles. The van der Waals surface area contributed by atoms with Crippen molar-refractivity contribution in [1.82, 2.24) is 9.88 Å². The van der Waals surface area contributed by atoms with Crippen LogP contribution in [0.25, 0.3) is 0 Å². The Hall–Kier alpha value is -1.24. The molecule has 0 unspecified atom stereocenters. The van der Waals surface area contributed by atoms with Gasteiger partial charge in [0.15, 0.2) is 5.13 Å². The van der Waals surface area contributed by atoms with E-state index < -0.39 is 0 Å². The number of amides is 1. The van der Waals surface area contributed by atoms with Crippen LogP contribution >= 0.6 is 22.7 Å². The van der Waals surface area contributed by atoms with Crippen molar-refractivity contribution in [1.29, 1.82) is 0 Å². The number of aromatic nitrogens is 1. The van der Waals surface area contributed by atoms with Crippen molar-refractivity contribution in [2.45, 2.75) is 31.8 Å². The van der Waals surface area contributed by atoms with Crippen LogP contribution in [0.5, 0.6) is 0 Å². The average molecular weight is 307 g/mol. The van der Waals surface area contributed by atoms with Crippen molar-refractivity contribution in [3.63, 3.8) is 0 Å². The minimum atomic E-state index is -0.133. The maximum atomic E-state index is 12.3. The van der Waals surface area contributed by atoms with Gasteiger partial charge >= 0.3 is 0 Å². The summed E-state index contributed by atoms with van der Waals surface area (Å²) in [5.41, 5.74) is 1.33. The van der Waals surface area contributed by atoms with Gasteiger partial charge in [-0.25, -0.2) is 4.98 Å². The second kappa shape index (κ2) is 6.03. The van der Waals surface area contributed by atoms with Crippen molar-refractivity contribution in [3.05, 3.63) is 34.0 Å². The van der Waals surface area contributed by atoms with Gasteiger partial charge in [-0.15, -0.1) is 11.3 Å². The van der Waals surface area contributed by atoms with Gasteiger partial charge in [0.2, 0.25) is 5.91 Å². The largest absolute Gasteiger partial charge is 0.301 e. The molecule has 106 valence electrons. The van der Waals surface area contributed by atoms with Gasteiger partial charge in [0.25, 0.3) is 0 Å². The summed E-state index contributed by atoms with van der Waals surface area (Å²) in [5, 5.41) is 9.73. The molecule has 6 heteroatoms. The van der Waals surface area contributed by atoms with Crippen LogP contribution in [-0.2, 0) is 4.79 Å². The van der Waals surface area contributed by atoms with Gasteiger partial charge in [-0.1, -0.05) is 0 Å². The first kappa shape index (κ1) is 13.7. The van der Waals surface area contributed by atoms with Crippen molar-refractivity contribution in [3.8, 4) is 0 Å². The Morgan fingerprint density at radius 2 is 2.45 bits per heavy atom. The molecule has 3 heterocycles.